The topological polar surface area (TPSA) is 32.3 Å². The molecule has 0 radical (unpaired) electrons. The predicted octanol–water partition coefficient (Wildman–Crippen LogP) is 4.57. The zero-order chi connectivity index (χ0) is 18.6. The van der Waals surface area contributed by atoms with Gasteiger partial charge in [0.2, 0.25) is 5.91 Å². The number of anilines is 1. The van der Waals surface area contributed by atoms with Crippen molar-refractivity contribution < 1.29 is 22.4 Å². The molecule has 3 nitrogen and oxygen atoms in total. The van der Waals surface area contributed by atoms with Crippen LogP contribution in [0.2, 0.25) is 5.02 Å². The van der Waals surface area contributed by atoms with E-state index in [0.29, 0.717) is 0 Å². The molecule has 8 heteroatoms. The van der Waals surface area contributed by atoms with Crippen molar-refractivity contribution in [3.63, 3.8) is 0 Å². The third-order valence-corrected chi connectivity index (χ3v) is 3.76. The first-order valence-corrected chi connectivity index (χ1v) is 7.64. The third-order valence-electron chi connectivity index (χ3n) is 3.41. The van der Waals surface area contributed by atoms with E-state index in [1.165, 1.54) is 48.3 Å². The molecule has 1 N–H and O–H groups in total. The number of halogens is 5. The minimum absolute atomic E-state index is 0.0415. The van der Waals surface area contributed by atoms with Crippen LogP contribution in [0.15, 0.2) is 42.5 Å². The van der Waals surface area contributed by atoms with Crippen LogP contribution in [0.4, 0.5) is 23.2 Å². The zero-order valence-electron chi connectivity index (χ0n) is 13.2. The average molecular weight is 375 g/mol. The lowest BCUT2D eigenvalue weighted by atomic mass is 10.1. The summed E-state index contributed by atoms with van der Waals surface area (Å²) in [6, 6.07) is 8.93. The van der Waals surface area contributed by atoms with Crippen LogP contribution >= 0.6 is 11.6 Å². The fourth-order valence-electron chi connectivity index (χ4n) is 2.28. The van der Waals surface area contributed by atoms with E-state index < -0.39 is 23.5 Å². The number of nitrogens with one attached hydrogen (secondary N) is 1. The molecule has 1 amide bonds. The second kappa shape index (κ2) is 7.84. The molecule has 0 spiro atoms. The molecule has 0 fully saturated rings. The van der Waals surface area contributed by atoms with E-state index in [-0.39, 0.29) is 29.4 Å². The number of hydrogen-bond acceptors (Lipinski definition) is 2. The second-order valence-electron chi connectivity index (χ2n) is 5.46. The standard InChI is InChI=1S/C17H15ClF4N2O/c1-24(9-11-13(18)6-4-7-14(11)19)10-16(25)23-15-8-3-2-5-12(15)17(20,21)22/h2-8H,9-10H2,1H3,(H,23,25). The maximum atomic E-state index is 13.7. The SMILES string of the molecule is CN(CC(=O)Nc1ccccc1C(F)(F)F)Cc1c(F)cccc1Cl. The van der Waals surface area contributed by atoms with Crippen LogP contribution in [0, 0.1) is 5.82 Å². The highest BCUT2D eigenvalue weighted by atomic mass is 35.5. The third kappa shape index (κ3) is 5.17. The molecule has 0 aromatic heterocycles. The molecule has 0 saturated carbocycles. The minimum atomic E-state index is -4.57. The Morgan fingerprint density at radius 1 is 1.16 bits per heavy atom. The number of carbonyl (C=O) groups is 1. The van der Waals surface area contributed by atoms with Crippen molar-refractivity contribution >= 4 is 23.2 Å². The number of hydrogen-bond donors (Lipinski definition) is 1. The van der Waals surface area contributed by atoms with Gasteiger partial charge in [-0.3, -0.25) is 9.69 Å². The number of amides is 1. The van der Waals surface area contributed by atoms with Crippen molar-refractivity contribution in [1.29, 1.82) is 0 Å². The highest BCUT2D eigenvalue weighted by Gasteiger charge is 2.33. The van der Waals surface area contributed by atoms with Crippen molar-refractivity contribution in [3.8, 4) is 0 Å². The first-order valence-electron chi connectivity index (χ1n) is 7.26. The van der Waals surface area contributed by atoms with Crippen LogP contribution in [0.3, 0.4) is 0 Å². The molecular weight excluding hydrogens is 360 g/mol. The van der Waals surface area contributed by atoms with Crippen molar-refractivity contribution in [1.82, 2.24) is 4.90 Å². The Morgan fingerprint density at radius 3 is 2.48 bits per heavy atom. The van der Waals surface area contributed by atoms with Gasteiger partial charge in [0, 0.05) is 17.1 Å². The van der Waals surface area contributed by atoms with Crippen LogP contribution in [-0.4, -0.2) is 24.4 Å². The summed E-state index contributed by atoms with van der Waals surface area (Å²) >= 11 is 5.92. The van der Waals surface area contributed by atoms with Crippen LogP contribution in [0.25, 0.3) is 0 Å². The largest absolute Gasteiger partial charge is 0.418 e. The average Bonchev–Trinajstić information content (AvgIpc) is 2.50. The summed E-state index contributed by atoms with van der Waals surface area (Å²) in [5.41, 5.74) is -1.03. The predicted molar refractivity (Wildman–Crippen MR) is 87.8 cm³/mol. The van der Waals surface area contributed by atoms with Gasteiger partial charge in [-0.2, -0.15) is 13.2 Å². The monoisotopic (exact) mass is 374 g/mol. The van der Waals surface area contributed by atoms with Gasteiger partial charge in [-0.05, 0) is 31.3 Å². The van der Waals surface area contributed by atoms with Crippen molar-refractivity contribution in [2.24, 2.45) is 0 Å². The summed E-state index contributed by atoms with van der Waals surface area (Å²) < 4.78 is 52.5. The lowest BCUT2D eigenvalue weighted by Gasteiger charge is -2.19. The molecule has 0 heterocycles. The number of carbonyl (C=O) groups excluding carboxylic acids is 1. The first kappa shape index (κ1) is 19.2. The van der Waals surface area contributed by atoms with Crippen molar-refractivity contribution in [3.05, 3.63) is 64.4 Å². The van der Waals surface area contributed by atoms with Gasteiger partial charge in [0.1, 0.15) is 5.82 Å². The maximum Gasteiger partial charge on any atom is 0.418 e. The Labute approximate surface area is 147 Å². The molecule has 2 rings (SSSR count). The van der Waals surface area contributed by atoms with E-state index in [2.05, 4.69) is 5.32 Å². The highest BCUT2D eigenvalue weighted by molar-refractivity contribution is 6.31. The number of para-hydroxylation sites is 1. The Hall–Kier alpha value is -2.12. The van der Waals surface area contributed by atoms with Gasteiger partial charge in [0.15, 0.2) is 0 Å². The quantitative estimate of drug-likeness (QED) is 0.778. The smallest absolute Gasteiger partial charge is 0.324 e. The maximum absolute atomic E-state index is 13.7. The molecule has 0 aliphatic carbocycles. The number of alkyl halides is 3. The second-order valence-corrected chi connectivity index (χ2v) is 5.87. The van der Waals surface area contributed by atoms with E-state index in [0.717, 1.165) is 6.07 Å². The molecule has 2 aromatic carbocycles. The Balaban J connectivity index is 2.04. The van der Waals surface area contributed by atoms with Crippen LogP contribution in [0.5, 0.6) is 0 Å². The lowest BCUT2D eigenvalue weighted by molar-refractivity contribution is -0.137. The van der Waals surface area contributed by atoms with Crippen LogP contribution < -0.4 is 5.32 Å². The van der Waals surface area contributed by atoms with Gasteiger partial charge < -0.3 is 5.32 Å². The summed E-state index contributed by atoms with van der Waals surface area (Å²) in [5.74, 6) is -1.16. The first-order chi connectivity index (χ1) is 11.7. The Kier molecular flexibility index (Phi) is 6.02. The molecular formula is C17H15ClF4N2O. The fraction of sp³-hybridized carbons (Fsp3) is 0.235. The lowest BCUT2D eigenvalue weighted by Crippen LogP contribution is -2.30. The minimum Gasteiger partial charge on any atom is -0.324 e. The summed E-state index contributed by atoms with van der Waals surface area (Å²) in [6.45, 7) is -0.184. The highest BCUT2D eigenvalue weighted by Crippen LogP contribution is 2.34. The number of benzene rings is 2. The Bertz CT molecular complexity index is 744. The van der Waals surface area contributed by atoms with Gasteiger partial charge in [-0.1, -0.05) is 29.8 Å². The normalized spacial score (nSPS) is 11.6. The molecule has 0 saturated heterocycles. The van der Waals surface area contributed by atoms with Crippen molar-refractivity contribution in [2.45, 2.75) is 12.7 Å². The van der Waals surface area contributed by atoms with Crippen LogP contribution in [0.1, 0.15) is 11.1 Å². The number of likely N-dealkylation sites (N-methyl/N-ethyl adjacent to an activating group) is 1. The molecule has 0 aliphatic heterocycles. The zero-order valence-corrected chi connectivity index (χ0v) is 14.0. The summed E-state index contributed by atoms with van der Waals surface area (Å²) in [5, 5.41) is 2.45. The van der Waals surface area contributed by atoms with Gasteiger partial charge in [-0.25, -0.2) is 4.39 Å². The molecule has 0 unspecified atom stereocenters. The van der Waals surface area contributed by atoms with Crippen molar-refractivity contribution in [2.75, 3.05) is 18.9 Å². The fourth-order valence-corrected chi connectivity index (χ4v) is 2.51. The van der Waals surface area contributed by atoms with E-state index >= 15 is 0 Å². The molecule has 25 heavy (non-hydrogen) atoms. The van der Waals surface area contributed by atoms with Gasteiger partial charge in [0.25, 0.3) is 0 Å². The summed E-state index contributed by atoms with van der Waals surface area (Å²) in [4.78, 5) is 13.5. The van der Waals surface area contributed by atoms with Gasteiger partial charge in [0.05, 0.1) is 17.8 Å². The molecule has 2 aromatic rings. The van der Waals surface area contributed by atoms with Gasteiger partial charge >= 0.3 is 6.18 Å². The molecule has 0 atom stereocenters. The molecule has 134 valence electrons. The summed E-state index contributed by atoms with van der Waals surface area (Å²) in [6.07, 6.45) is -4.57. The van der Waals surface area contributed by atoms with Crippen LogP contribution in [-0.2, 0) is 17.5 Å². The van der Waals surface area contributed by atoms with E-state index in [4.69, 9.17) is 11.6 Å². The van der Waals surface area contributed by atoms with Gasteiger partial charge in [-0.15, -0.1) is 0 Å². The number of rotatable bonds is 5. The van der Waals surface area contributed by atoms with E-state index in [1.807, 2.05) is 0 Å². The summed E-state index contributed by atoms with van der Waals surface area (Å²) in [7, 11) is 1.54. The molecule has 0 bridgehead atoms. The van der Waals surface area contributed by atoms with E-state index in [9.17, 15) is 22.4 Å². The molecule has 0 aliphatic rings. The Morgan fingerprint density at radius 2 is 1.84 bits per heavy atom. The van der Waals surface area contributed by atoms with E-state index in [1.54, 1.807) is 0 Å². The number of nitrogens with zero attached hydrogens (tertiary/aromatic N) is 1.